The van der Waals surface area contributed by atoms with E-state index in [9.17, 15) is 4.79 Å². The van der Waals surface area contributed by atoms with E-state index < -0.39 is 0 Å². The molecule has 0 saturated heterocycles. The van der Waals surface area contributed by atoms with Crippen molar-refractivity contribution in [1.29, 1.82) is 0 Å². The van der Waals surface area contributed by atoms with Crippen LogP contribution >= 0.6 is 11.6 Å². The summed E-state index contributed by atoms with van der Waals surface area (Å²) in [7, 11) is 0. The van der Waals surface area contributed by atoms with Gasteiger partial charge in [0.05, 0.1) is 6.21 Å². The number of carbonyl (C=O) groups is 1. The standard InChI is InChI=1S/C11H11ClN2O/c12-10-3-1-2-8(6-10)7-13-14-11(15)9-4-5-9/h1-3,6-7,9H,4-5H2,(H,14,15)/b13-7-. The third-order valence-electron chi connectivity index (χ3n) is 2.19. The molecule has 0 aliphatic heterocycles. The molecule has 1 saturated carbocycles. The first kappa shape index (κ1) is 10.2. The van der Waals surface area contributed by atoms with E-state index in [0.29, 0.717) is 5.02 Å². The Morgan fingerprint density at radius 1 is 1.53 bits per heavy atom. The zero-order chi connectivity index (χ0) is 10.7. The molecule has 4 heteroatoms. The maximum absolute atomic E-state index is 11.2. The van der Waals surface area contributed by atoms with Crippen LogP contribution < -0.4 is 5.43 Å². The van der Waals surface area contributed by atoms with E-state index in [2.05, 4.69) is 10.5 Å². The fraction of sp³-hybridized carbons (Fsp3) is 0.273. The van der Waals surface area contributed by atoms with E-state index in [1.807, 2.05) is 12.1 Å². The van der Waals surface area contributed by atoms with Crippen LogP contribution in [-0.4, -0.2) is 12.1 Å². The summed E-state index contributed by atoms with van der Waals surface area (Å²) < 4.78 is 0. The van der Waals surface area contributed by atoms with Crippen LogP contribution in [0.2, 0.25) is 5.02 Å². The van der Waals surface area contributed by atoms with Crippen molar-refractivity contribution < 1.29 is 4.79 Å². The van der Waals surface area contributed by atoms with Gasteiger partial charge in [-0.15, -0.1) is 0 Å². The Morgan fingerprint density at radius 3 is 3.00 bits per heavy atom. The molecule has 0 heterocycles. The van der Waals surface area contributed by atoms with Crippen LogP contribution in [-0.2, 0) is 4.79 Å². The third kappa shape index (κ3) is 3.06. The summed E-state index contributed by atoms with van der Waals surface area (Å²) in [5, 5.41) is 4.52. The minimum Gasteiger partial charge on any atom is -0.273 e. The Kier molecular flexibility index (Phi) is 3.02. The van der Waals surface area contributed by atoms with Gasteiger partial charge >= 0.3 is 0 Å². The zero-order valence-electron chi connectivity index (χ0n) is 8.11. The molecule has 0 unspecified atom stereocenters. The van der Waals surface area contributed by atoms with E-state index in [4.69, 9.17) is 11.6 Å². The van der Waals surface area contributed by atoms with Crippen molar-refractivity contribution >= 4 is 23.7 Å². The normalized spacial score (nSPS) is 15.5. The number of carbonyl (C=O) groups excluding carboxylic acids is 1. The number of hydrazone groups is 1. The number of hydrogen-bond acceptors (Lipinski definition) is 2. The predicted molar refractivity (Wildman–Crippen MR) is 59.9 cm³/mol. The van der Waals surface area contributed by atoms with Crippen molar-refractivity contribution in [3.05, 3.63) is 34.9 Å². The topological polar surface area (TPSA) is 41.5 Å². The lowest BCUT2D eigenvalue weighted by atomic mass is 10.2. The van der Waals surface area contributed by atoms with Crippen LogP contribution in [0.1, 0.15) is 18.4 Å². The average molecular weight is 223 g/mol. The summed E-state index contributed by atoms with van der Waals surface area (Å²) in [5.74, 6) is 0.190. The Hall–Kier alpha value is -1.35. The smallest absolute Gasteiger partial charge is 0.243 e. The van der Waals surface area contributed by atoms with E-state index in [0.717, 1.165) is 18.4 Å². The van der Waals surface area contributed by atoms with Gasteiger partial charge < -0.3 is 0 Å². The van der Waals surface area contributed by atoms with E-state index in [1.165, 1.54) is 0 Å². The van der Waals surface area contributed by atoms with Crippen molar-refractivity contribution in [3.8, 4) is 0 Å². The van der Waals surface area contributed by atoms with Gasteiger partial charge in [0, 0.05) is 10.9 Å². The van der Waals surface area contributed by atoms with E-state index in [-0.39, 0.29) is 11.8 Å². The molecular formula is C11H11ClN2O. The van der Waals surface area contributed by atoms with Crippen molar-refractivity contribution in [2.24, 2.45) is 11.0 Å². The highest BCUT2D eigenvalue weighted by atomic mass is 35.5. The van der Waals surface area contributed by atoms with Crippen molar-refractivity contribution in [2.45, 2.75) is 12.8 Å². The lowest BCUT2D eigenvalue weighted by Crippen LogP contribution is -2.18. The highest BCUT2D eigenvalue weighted by Gasteiger charge is 2.29. The van der Waals surface area contributed by atoms with Crippen LogP contribution in [0.15, 0.2) is 29.4 Å². The summed E-state index contributed by atoms with van der Waals surface area (Å²) in [6, 6.07) is 7.29. The molecule has 0 bridgehead atoms. The summed E-state index contributed by atoms with van der Waals surface area (Å²) in [5.41, 5.74) is 3.37. The molecular weight excluding hydrogens is 212 g/mol. The molecule has 1 amide bonds. The average Bonchev–Trinajstić information content (AvgIpc) is 3.00. The molecule has 1 aromatic rings. The molecule has 15 heavy (non-hydrogen) atoms. The van der Waals surface area contributed by atoms with Crippen LogP contribution in [0.3, 0.4) is 0 Å². The van der Waals surface area contributed by atoms with Crippen LogP contribution in [0, 0.1) is 5.92 Å². The first-order chi connectivity index (χ1) is 7.25. The Labute approximate surface area is 93.1 Å². The molecule has 3 nitrogen and oxygen atoms in total. The molecule has 1 aliphatic carbocycles. The molecule has 0 aromatic heterocycles. The third-order valence-corrected chi connectivity index (χ3v) is 2.42. The number of halogens is 1. The Morgan fingerprint density at radius 2 is 2.33 bits per heavy atom. The number of benzene rings is 1. The molecule has 2 rings (SSSR count). The maximum Gasteiger partial charge on any atom is 0.243 e. The number of rotatable bonds is 3. The van der Waals surface area contributed by atoms with Gasteiger partial charge in [-0.05, 0) is 30.5 Å². The van der Waals surface area contributed by atoms with Gasteiger partial charge in [0.25, 0.3) is 0 Å². The van der Waals surface area contributed by atoms with Gasteiger partial charge in [0.15, 0.2) is 0 Å². The lowest BCUT2D eigenvalue weighted by molar-refractivity contribution is -0.122. The van der Waals surface area contributed by atoms with Gasteiger partial charge in [-0.25, -0.2) is 5.43 Å². The second-order valence-electron chi connectivity index (χ2n) is 3.56. The van der Waals surface area contributed by atoms with E-state index >= 15 is 0 Å². The first-order valence-corrected chi connectivity index (χ1v) is 5.22. The monoisotopic (exact) mass is 222 g/mol. The van der Waals surface area contributed by atoms with Crippen molar-refractivity contribution in [3.63, 3.8) is 0 Å². The molecule has 1 aliphatic rings. The molecule has 1 fully saturated rings. The number of amides is 1. The molecule has 78 valence electrons. The summed E-state index contributed by atoms with van der Waals surface area (Å²) in [6.45, 7) is 0. The second kappa shape index (κ2) is 4.45. The predicted octanol–water partition coefficient (Wildman–Crippen LogP) is 2.20. The van der Waals surface area contributed by atoms with Gasteiger partial charge in [0.2, 0.25) is 5.91 Å². The Balaban J connectivity index is 1.90. The van der Waals surface area contributed by atoms with Crippen LogP contribution in [0.5, 0.6) is 0 Å². The first-order valence-electron chi connectivity index (χ1n) is 4.84. The number of hydrogen-bond donors (Lipinski definition) is 1. The van der Waals surface area contributed by atoms with Gasteiger partial charge in [-0.1, -0.05) is 23.7 Å². The van der Waals surface area contributed by atoms with Gasteiger partial charge in [0.1, 0.15) is 0 Å². The number of nitrogens with zero attached hydrogens (tertiary/aromatic N) is 1. The molecule has 0 atom stereocenters. The fourth-order valence-electron chi connectivity index (χ4n) is 1.19. The van der Waals surface area contributed by atoms with Crippen molar-refractivity contribution in [1.82, 2.24) is 5.43 Å². The van der Waals surface area contributed by atoms with Crippen molar-refractivity contribution in [2.75, 3.05) is 0 Å². The summed E-state index contributed by atoms with van der Waals surface area (Å²) in [4.78, 5) is 11.2. The maximum atomic E-state index is 11.2. The molecule has 1 aromatic carbocycles. The minimum atomic E-state index is 0.00766. The molecule has 1 N–H and O–H groups in total. The minimum absolute atomic E-state index is 0.00766. The van der Waals surface area contributed by atoms with Crippen LogP contribution in [0.25, 0.3) is 0 Å². The summed E-state index contributed by atoms with van der Waals surface area (Å²) in [6.07, 6.45) is 3.56. The van der Waals surface area contributed by atoms with Crippen LogP contribution in [0.4, 0.5) is 0 Å². The van der Waals surface area contributed by atoms with Gasteiger partial charge in [-0.3, -0.25) is 4.79 Å². The zero-order valence-corrected chi connectivity index (χ0v) is 8.87. The largest absolute Gasteiger partial charge is 0.273 e. The molecule has 0 spiro atoms. The van der Waals surface area contributed by atoms with Gasteiger partial charge in [-0.2, -0.15) is 5.10 Å². The Bertz CT molecular complexity index is 399. The highest BCUT2D eigenvalue weighted by Crippen LogP contribution is 2.28. The number of nitrogens with one attached hydrogen (secondary N) is 1. The second-order valence-corrected chi connectivity index (χ2v) is 4.00. The van der Waals surface area contributed by atoms with E-state index in [1.54, 1.807) is 18.3 Å². The molecule has 0 radical (unpaired) electrons. The SMILES string of the molecule is O=C(N/N=C\c1cccc(Cl)c1)C1CC1. The highest BCUT2D eigenvalue weighted by molar-refractivity contribution is 6.30. The lowest BCUT2D eigenvalue weighted by Gasteiger charge is -1.96. The fourth-order valence-corrected chi connectivity index (χ4v) is 1.39. The summed E-state index contributed by atoms with van der Waals surface area (Å²) >= 11 is 5.80. The quantitative estimate of drug-likeness (QED) is 0.618.